The second-order valence-corrected chi connectivity index (χ2v) is 2.56. The second kappa shape index (κ2) is 3.43. The van der Waals surface area contributed by atoms with Crippen LogP contribution in [0.5, 0.6) is 5.75 Å². The van der Waals surface area contributed by atoms with Crippen LogP contribution in [-0.4, -0.2) is 6.36 Å². The molecule has 0 amide bonds. The van der Waals surface area contributed by atoms with Gasteiger partial charge in [-0.1, -0.05) is 6.07 Å². The van der Waals surface area contributed by atoms with Crippen molar-refractivity contribution in [2.24, 2.45) is 0 Å². The molecule has 0 heterocycles. The van der Waals surface area contributed by atoms with E-state index in [0.29, 0.717) is 6.07 Å². The van der Waals surface area contributed by atoms with Gasteiger partial charge in [0.2, 0.25) is 5.75 Å². The predicted molar refractivity (Wildman–Crippen MR) is 37.8 cm³/mol. The molecule has 78 valence electrons. The fraction of sp³-hybridized carbons (Fsp3) is 0.250. The van der Waals surface area contributed by atoms with Gasteiger partial charge in [0, 0.05) is 0 Å². The molecule has 0 radical (unpaired) electrons. The lowest BCUT2D eigenvalue weighted by Crippen LogP contribution is -2.19. The maximum absolute atomic E-state index is 12.9. The molecule has 0 saturated carbocycles. The van der Waals surface area contributed by atoms with E-state index in [2.05, 4.69) is 4.74 Å². The number of ether oxygens (including phenoxy) is 1. The first kappa shape index (κ1) is 10.7. The van der Waals surface area contributed by atoms with Crippen molar-refractivity contribution in [3.8, 4) is 5.75 Å². The highest BCUT2D eigenvalue weighted by molar-refractivity contribution is 5.32. The molecule has 0 aliphatic carbocycles. The first-order valence-corrected chi connectivity index (χ1v) is 3.51. The summed E-state index contributed by atoms with van der Waals surface area (Å²) in [5, 5.41) is 0. The Morgan fingerprint density at radius 1 is 1.14 bits per heavy atom. The van der Waals surface area contributed by atoms with E-state index in [-0.39, 0.29) is 5.56 Å². The fourth-order valence-electron chi connectivity index (χ4n) is 0.840. The molecule has 0 aliphatic rings. The zero-order valence-electron chi connectivity index (χ0n) is 6.95. The van der Waals surface area contributed by atoms with Gasteiger partial charge in [-0.15, -0.1) is 13.2 Å². The number of hydrogen-bond acceptors (Lipinski definition) is 1. The molecule has 0 N–H and O–H groups in total. The van der Waals surface area contributed by atoms with E-state index in [1.807, 2.05) is 0 Å². The fourth-order valence-corrected chi connectivity index (χ4v) is 0.840. The van der Waals surface area contributed by atoms with E-state index in [4.69, 9.17) is 0 Å². The third kappa shape index (κ3) is 2.34. The number of alkyl halides is 3. The van der Waals surface area contributed by atoms with E-state index < -0.39 is 23.7 Å². The quantitative estimate of drug-likeness (QED) is 0.649. The minimum absolute atomic E-state index is 0.120. The highest BCUT2D eigenvalue weighted by Crippen LogP contribution is 2.29. The first-order chi connectivity index (χ1) is 6.31. The van der Waals surface area contributed by atoms with Gasteiger partial charge in [-0.3, -0.25) is 0 Å². The summed E-state index contributed by atoms with van der Waals surface area (Å²) >= 11 is 0. The molecule has 1 rings (SSSR count). The van der Waals surface area contributed by atoms with Gasteiger partial charge >= 0.3 is 6.36 Å². The van der Waals surface area contributed by atoms with Crippen LogP contribution in [0.2, 0.25) is 0 Å². The lowest BCUT2D eigenvalue weighted by atomic mass is 10.2. The lowest BCUT2D eigenvalue weighted by molar-refractivity contribution is -0.276. The van der Waals surface area contributed by atoms with E-state index in [1.54, 1.807) is 0 Å². The molecule has 1 aromatic carbocycles. The van der Waals surface area contributed by atoms with Crippen LogP contribution < -0.4 is 4.74 Å². The number of halogens is 5. The number of rotatable bonds is 1. The molecule has 0 bridgehead atoms. The van der Waals surface area contributed by atoms with E-state index in [0.717, 1.165) is 6.07 Å². The predicted octanol–water partition coefficient (Wildman–Crippen LogP) is 3.17. The minimum atomic E-state index is -5.10. The van der Waals surface area contributed by atoms with E-state index >= 15 is 0 Å². The molecule has 1 nitrogen and oxygen atoms in total. The Bertz CT molecular complexity index is 344. The Morgan fingerprint density at radius 2 is 1.71 bits per heavy atom. The third-order valence-electron chi connectivity index (χ3n) is 1.46. The van der Waals surface area contributed by atoms with Gasteiger partial charge in [-0.2, -0.15) is 0 Å². The number of hydrogen-bond donors (Lipinski definition) is 0. The molecule has 0 fully saturated rings. The number of aryl methyl sites for hydroxylation is 1. The molecular weight excluding hydrogens is 207 g/mol. The summed E-state index contributed by atoms with van der Waals surface area (Å²) in [5.74, 6) is -4.15. The van der Waals surface area contributed by atoms with Crippen LogP contribution >= 0.6 is 0 Å². The molecule has 0 aromatic heterocycles. The summed E-state index contributed by atoms with van der Waals surface area (Å²) in [6.45, 7) is 1.21. The Morgan fingerprint density at radius 3 is 2.21 bits per heavy atom. The van der Waals surface area contributed by atoms with Crippen molar-refractivity contribution in [1.29, 1.82) is 0 Å². The highest BCUT2D eigenvalue weighted by Gasteiger charge is 2.34. The van der Waals surface area contributed by atoms with Crippen LogP contribution in [0.4, 0.5) is 22.0 Å². The van der Waals surface area contributed by atoms with Gasteiger partial charge in [0.1, 0.15) is 0 Å². The van der Waals surface area contributed by atoms with E-state index in [1.165, 1.54) is 6.92 Å². The topological polar surface area (TPSA) is 9.23 Å². The molecule has 0 saturated heterocycles. The average Bonchev–Trinajstić information content (AvgIpc) is 2.04. The van der Waals surface area contributed by atoms with Crippen LogP contribution in [0.25, 0.3) is 0 Å². The maximum Gasteiger partial charge on any atom is 0.573 e. The van der Waals surface area contributed by atoms with Gasteiger partial charge in [-0.05, 0) is 18.6 Å². The molecule has 6 heteroatoms. The van der Waals surface area contributed by atoms with Gasteiger partial charge in [0.05, 0.1) is 0 Å². The van der Waals surface area contributed by atoms with Crippen LogP contribution in [0, 0.1) is 18.6 Å². The molecule has 0 aliphatic heterocycles. The summed E-state index contributed by atoms with van der Waals surface area (Å²) in [7, 11) is 0. The first-order valence-electron chi connectivity index (χ1n) is 3.51. The molecule has 1 aromatic rings. The van der Waals surface area contributed by atoms with Gasteiger partial charge in [0.15, 0.2) is 11.6 Å². The van der Waals surface area contributed by atoms with Gasteiger partial charge in [-0.25, -0.2) is 8.78 Å². The van der Waals surface area contributed by atoms with Crippen molar-refractivity contribution >= 4 is 0 Å². The standard InChI is InChI=1S/C8H5F5O/c1-4-2-3-5(9)7(6(4)10)14-8(11,12)13/h2-3H,1H3. The van der Waals surface area contributed by atoms with Crippen LogP contribution in [0.1, 0.15) is 5.56 Å². The minimum Gasteiger partial charge on any atom is -0.399 e. The lowest BCUT2D eigenvalue weighted by Gasteiger charge is -2.11. The van der Waals surface area contributed by atoms with Crippen LogP contribution in [-0.2, 0) is 0 Å². The van der Waals surface area contributed by atoms with Gasteiger partial charge < -0.3 is 4.74 Å². The summed E-state index contributed by atoms with van der Waals surface area (Å²) < 4.78 is 63.9. The summed E-state index contributed by atoms with van der Waals surface area (Å²) in [5.41, 5.74) is -0.120. The van der Waals surface area contributed by atoms with Crippen molar-refractivity contribution in [3.63, 3.8) is 0 Å². The summed E-state index contributed by atoms with van der Waals surface area (Å²) in [6.07, 6.45) is -5.10. The maximum atomic E-state index is 12.9. The smallest absolute Gasteiger partial charge is 0.399 e. The van der Waals surface area contributed by atoms with Crippen molar-refractivity contribution in [1.82, 2.24) is 0 Å². The summed E-state index contributed by atoms with van der Waals surface area (Å²) in [4.78, 5) is 0. The van der Waals surface area contributed by atoms with Gasteiger partial charge in [0.25, 0.3) is 0 Å². The Hall–Kier alpha value is -1.33. The average molecular weight is 212 g/mol. The van der Waals surface area contributed by atoms with Crippen molar-refractivity contribution < 1.29 is 26.7 Å². The Labute approximate surface area is 76.1 Å². The Balaban J connectivity index is 3.13. The normalized spacial score (nSPS) is 11.6. The van der Waals surface area contributed by atoms with Crippen molar-refractivity contribution in [2.75, 3.05) is 0 Å². The second-order valence-electron chi connectivity index (χ2n) is 2.56. The highest BCUT2D eigenvalue weighted by atomic mass is 19.4. The Kier molecular flexibility index (Phi) is 2.64. The van der Waals surface area contributed by atoms with E-state index in [9.17, 15) is 22.0 Å². The zero-order valence-corrected chi connectivity index (χ0v) is 6.95. The monoisotopic (exact) mass is 212 g/mol. The molecule has 0 atom stereocenters. The molecule has 0 unspecified atom stereocenters. The van der Waals surface area contributed by atoms with Crippen LogP contribution in [0.15, 0.2) is 12.1 Å². The van der Waals surface area contributed by atoms with Crippen molar-refractivity contribution in [2.45, 2.75) is 13.3 Å². The third-order valence-corrected chi connectivity index (χ3v) is 1.46. The molecule has 0 spiro atoms. The molecular formula is C8H5F5O. The summed E-state index contributed by atoms with van der Waals surface area (Å²) in [6, 6.07) is 1.73. The van der Waals surface area contributed by atoms with Crippen molar-refractivity contribution in [3.05, 3.63) is 29.3 Å². The number of benzene rings is 1. The largest absolute Gasteiger partial charge is 0.573 e. The molecule has 14 heavy (non-hydrogen) atoms. The SMILES string of the molecule is Cc1ccc(F)c(OC(F)(F)F)c1F. The zero-order chi connectivity index (χ0) is 10.9. The van der Waals surface area contributed by atoms with Crippen LogP contribution in [0.3, 0.4) is 0 Å².